The molecular weight excluding hydrogens is 270 g/mol. The van der Waals surface area contributed by atoms with Crippen LogP contribution < -0.4 is 5.32 Å². The van der Waals surface area contributed by atoms with Crippen LogP contribution in [-0.2, 0) is 4.79 Å². The number of carbonyl (C=O) groups is 2. The van der Waals surface area contributed by atoms with Crippen LogP contribution in [0.5, 0.6) is 0 Å². The van der Waals surface area contributed by atoms with Crippen molar-refractivity contribution in [1.82, 2.24) is 15.2 Å². The highest BCUT2D eigenvalue weighted by Crippen LogP contribution is 2.05. The molecule has 2 N–H and O–H groups in total. The lowest BCUT2D eigenvalue weighted by atomic mass is 10.1. The molecule has 0 spiro atoms. The second kappa shape index (κ2) is 8.72. The maximum absolute atomic E-state index is 12.1. The van der Waals surface area contributed by atoms with Crippen LogP contribution in [0.4, 0.5) is 0 Å². The smallest absolute Gasteiger partial charge is 0.253 e. The van der Waals surface area contributed by atoms with Gasteiger partial charge >= 0.3 is 0 Å². The van der Waals surface area contributed by atoms with Crippen molar-refractivity contribution in [2.24, 2.45) is 0 Å². The molecule has 112 valence electrons. The average Bonchev–Trinajstić information content (AvgIpc) is 2.52. The number of pyridine rings is 1. The topological polar surface area (TPSA) is 82.5 Å². The third kappa shape index (κ3) is 5.24. The first kappa shape index (κ1) is 16.7. The van der Waals surface area contributed by atoms with Gasteiger partial charge in [-0.2, -0.15) is 0 Å². The molecule has 0 fully saturated rings. The Labute approximate surface area is 124 Å². The lowest BCUT2D eigenvalue weighted by Gasteiger charge is -2.14. The molecule has 1 rings (SSSR count). The van der Waals surface area contributed by atoms with E-state index in [9.17, 15) is 9.59 Å². The minimum Gasteiger partial charge on any atom is -0.395 e. The number of nitrogens with zero attached hydrogens (tertiary/aromatic N) is 2. The highest BCUT2D eigenvalue weighted by Gasteiger charge is 2.13. The Kier molecular flexibility index (Phi) is 6.92. The Balaban J connectivity index is 2.75. The van der Waals surface area contributed by atoms with Crippen LogP contribution in [0.2, 0.25) is 0 Å². The fraction of sp³-hybridized carbons (Fsp3) is 0.400. The number of rotatable bonds is 5. The Morgan fingerprint density at radius 2 is 2.24 bits per heavy atom. The van der Waals surface area contributed by atoms with Gasteiger partial charge in [0.05, 0.1) is 24.3 Å². The maximum atomic E-state index is 12.1. The predicted molar refractivity (Wildman–Crippen MR) is 78.5 cm³/mol. The molecule has 0 aliphatic rings. The number of likely N-dealkylation sites (N-methyl/N-ethyl adjacent to an activating group) is 1. The Bertz CT molecular complexity index is 561. The van der Waals surface area contributed by atoms with E-state index in [4.69, 9.17) is 5.11 Å². The summed E-state index contributed by atoms with van der Waals surface area (Å²) in [5.74, 6) is 5.00. The fourth-order valence-electron chi connectivity index (χ4n) is 1.47. The molecule has 2 amide bonds. The summed E-state index contributed by atoms with van der Waals surface area (Å²) in [6.45, 7) is 2.35. The monoisotopic (exact) mass is 289 g/mol. The van der Waals surface area contributed by atoms with Gasteiger partial charge in [-0.15, -0.1) is 0 Å². The minimum atomic E-state index is -0.372. The fourth-order valence-corrected chi connectivity index (χ4v) is 1.47. The largest absolute Gasteiger partial charge is 0.395 e. The number of hydrogen-bond acceptors (Lipinski definition) is 4. The van der Waals surface area contributed by atoms with Gasteiger partial charge in [0.15, 0.2) is 0 Å². The number of aromatic nitrogens is 1. The summed E-state index contributed by atoms with van der Waals surface area (Å²) < 4.78 is 0. The van der Waals surface area contributed by atoms with Gasteiger partial charge in [-0.25, -0.2) is 0 Å². The number of nitrogens with one attached hydrogen (secondary N) is 1. The van der Waals surface area contributed by atoms with Crippen molar-refractivity contribution in [2.45, 2.75) is 13.3 Å². The zero-order valence-electron chi connectivity index (χ0n) is 12.2. The summed E-state index contributed by atoms with van der Waals surface area (Å²) >= 11 is 0. The molecule has 0 radical (unpaired) electrons. The summed E-state index contributed by atoms with van der Waals surface area (Å²) in [5.41, 5.74) is 0.835. The first-order valence-corrected chi connectivity index (χ1v) is 6.66. The predicted octanol–water partition coefficient (Wildman–Crippen LogP) is 0.0236. The summed E-state index contributed by atoms with van der Waals surface area (Å²) in [6, 6.07) is 1.55. The maximum Gasteiger partial charge on any atom is 0.253 e. The van der Waals surface area contributed by atoms with Crippen LogP contribution in [0.3, 0.4) is 0 Å². The van der Waals surface area contributed by atoms with Crippen LogP contribution in [0.1, 0.15) is 29.3 Å². The van der Waals surface area contributed by atoms with E-state index >= 15 is 0 Å². The number of aliphatic hydroxyl groups excluding tert-OH is 1. The molecule has 1 aromatic rings. The van der Waals surface area contributed by atoms with Gasteiger partial charge in [-0.3, -0.25) is 14.6 Å². The van der Waals surface area contributed by atoms with Crippen molar-refractivity contribution >= 4 is 11.8 Å². The van der Waals surface area contributed by atoms with E-state index in [0.717, 1.165) is 0 Å². The van der Waals surface area contributed by atoms with E-state index in [0.29, 0.717) is 24.1 Å². The highest BCUT2D eigenvalue weighted by atomic mass is 16.2. The van der Waals surface area contributed by atoms with Crippen molar-refractivity contribution in [3.63, 3.8) is 0 Å². The van der Waals surface area contributed by atoms with Crippen molar-refractivity contribution in [3.8, 4) is 11.8 Å². The van der Waals surface area contributed by atoms with Crippen molar-refractivity contribution < 1.29 is 14.7 Å². The molecular formula is C15H19N3O3. The van der Waals surface area contributed by atoms with Gasteiger partial charge < -0.3 is 15.3 Å². The molecule has 0 saturated carbocycles. The number of carbonyl (C=O) groups excluding carboxylic acids is 2. The Hall–Kier alpha value is -2.39. The second-order valence-electron chi connectivity index (χ2n) is 4.29. The van der Waals surface area contributed by atoms with Gasteiger partial charge in [0, 0.05) is 32.4 Å². The Morgan fingerprint density at radius 1 is 1.48 bits per heavy atom. The lowest BCUT2D eigenvalue weighted by Crippen LogP contribution is -2.38. The molecule has 0 aliphatic carbocycles. The van der Waals surface area contributed by atoms with Crippen LogP contribution >= 0.6 is 0 Å². The van der Waals surface area contributed by atoms with Crippen LogP contribution in [0.25, 0.3) is 0 Å². The quantitative estimate of drug-likeness (QED) is 0.749. The molecule has 21 heavy (non-hydrogen) atoms. The van der Waals surface area contributed by atoms with E-state index < -0.39 is 0 Å². The van der Waals surface area contributed by atoms with Gasteiger partial charge in [0.2, 0.25) is 5.91 Å². The first-order chi connectivity index (χ1) is 10.1. The van der Waals surface area contributed by atoms with Gasteiger partial charge in [-0.1, -0.05) is 11.8 Å². The van der Waals surface area contributed by atoms with Gasteiger partial charge in [-0.05, 0) is 13.0 Å². The highest BCUT2D eigenvalue weighted by molar-refractivity contribution is 5.98. The molecule has 0 aliphatic heterocycles. The molecule has 6 heteroatoms. The minimum absolute atomic E-state index is 0.0351. The molecule has 1 heterocycles. The van der Waals surface area contributed by atoms with Crippen LogP contribution in [0.15, 0.2) is 18.5 Å². The van der Waals surface area contributed by atoms with Gasteiger partial charge in [0.25, 0.3) is 5.91 Å². The lowest BCUT2D eigenvalue weighted by molar-refractivity contribution is -0.128. The van der Waals surface area contributed by atoms with Crippen LogP contribution in [-0.4, -0.2) is 53.5 Å². The number of hydrogen-bond donors (Lipinski definition) is 2. The normalized spacial score (nSPS) is 9.48. The average molecular weight is 289 g/mol. The van der Waals surface area contributed by atoms with Gasteiger partial charge in [0.1, 0.15) is 0 Å². The zero-order valence-corrected chi connectivity index (χ0v) is 12.2. The van der Waals surface area contributed by atoms with Crippen LogP contribution in [0, 0.1) is 11.8 Å². The standard InChI is InChI=1S/C15H19N3O3/c1-3-18(2)14(20)11-17-15(21)13-7-8-16-10-12(13)6-4-5-9-19/h7-8,10,19H,3,5,9,11H2,1-2H3,(H,17,21). The summed E-state index contributed by atoms with van der Waals surface area (Å²) in [4.78, 5) is 29.2. The molecule has 1 aromatic heterocycles. The summed E-state index contributed by atoms with van der Waals surface area (Å²) in [5, 5.41) is 11.3. The third-order valence-corrected chi connectivity index (χ3v) is 2.83. The molecule has 0 saturated heterocycles. The summed E-state index contributed by atoms with van der Waals surface area (Å²) in [6.07, 6.45) is 3.31. The van der Waals surface area contributed by atoms with E-state index in [1.165, 1.54) is 17.3 Å². The van der Waals surface area contributed by atoms with Crippen molar-refractivity contribution in [2.75, 3.05) is 26.7 Å². The SMILES string of the molecule is CCN(C)C(=O)CNC(=O)c1ccncc1C#CCCO. The third-order valence-electron chi connectivity index (χ3n) is 2.83. The van der Waals surface area contributed by atoms with E-state index in [1.807, 2.05) is 6.92 Å². The first-order valence-electron chi connectivity index (χ1n) is 6.66. The van der Waals surface area contributed by atoms with Crippen molar-refractivity contribution in [3.05, 3.63) is 29.6 Å². The molecule has 0 bridgehead atoms. The van der Waals surface area contributed by atoms with E-state index in [1.54, 1.807) is 13.1 Å². The molecule has 0 atom stereocenters. The number of aliphatic hydroxyl groups is 1. The van der Waals surface area contributed by atoms with E-state index in [-0.39, 0.29) is 25.0 Å². The molecule has 0 aromatic carbocycles. The molecule has 6 nitrogen and oxygen atoms in total. The van der Waals surface area contributed by atoms with E-state index in [2.05, 4.69) is 22.1 Å². The molecule has 0 unspecified atom stereocenters. The second-order valence-corrected chi connectivity index (χ2v) is 4.29. The zero-order chi connectivity index (χ0) is 15.7. The number of amides is 2. The Morgan fingerprint density at radius 3 is 2.90 bits per heavy atom. The summed E-state index contributed by atoms with van der Waals surface area (Å²) in [7, 11) is 1.67. The van der Waals surface area contributed by atoms with Crippen molar-refractivity contribution in [1.29, 1.82) is 0 Å².